The van der Waals surface area contributed by atoms with Crippen LogP contribution in [0.2, 0.25) is 0 Å². The van der Waals surface area contributed by atoms with E-state index in [-0.39, 0.29) is 11.6 Å². The summed E-state index contributed by atoms with van der Waals surface area (Å²) in [5.41, 5.74) is 14.6. The maximum absolute atomic E-state index is 14.7. The van der Waals surface area contributed by atoms with Gasteiger partial charge in [-0.25, -0.2) is 4.39 Å². The number of carbonyl (C=O) groups is 1. The lowest BCUT2D eigenvalue weighted by atomic mass is 10.0. The average Bonchev–Trinajstić information content (AvgIpc) is 2.84. The molecule has 1 atom stereocenters. The Bertz CT molecular complexity index is 753. The van der Waals surface area contributed by atoms with Crippen LogP contribution in [0, 0.1) is 19.7 Å². The molecule has 5 nitrogen and oxygen atoms in total. The van der Waals surface area contributed by atoms with E-state index in [9.17, 15) is 9.18 Å². The van der Waals surface area contributed by atoms with E-state index < -0.39 is 11.7 Å². The molecule has 1 amide bonds. The van der Waals surface area contributed by atoms with Gasteiger partial charge in [0.2, 0.25) is 0 Å². The fourth-order valence-corrected chi connectivity index (χ4v) is 3.32. The number of nitrogens with zero attached hydrogens (tertiary/aromatic N) is 1. The highest BCUT2D eigenvalue weighted by Gasteiger charge is 2.26. The minimum atomic E-state index is -0.632. The number of carbonyl (C=O) groups excluding carboxylic acids is 1. The number of fused-ring (bicyclic) bond motifs is 1. The van der Waals surface area contributed by atoms with E-state index in [0.717, 1.165) is 36.0 Å². The number of anilines is 1. The van der Waals surface area contributed by atoms with Crippen LogP contribution in [0.15, 0.2) is 6.07 Å². The Balaban J connectivity index is 0.00000100. The molecule has 0 saturated carbocycles. The lowest BCUT2D eigenvalue weighted by Crippen LogP contribution is -2.43. The molecule has 1 aromatic heterocycles. The molecule has 5 N–H and O–H groups in total. The van der Waals surface area contributed by atoms with Crippen LogP contribution in [0.5, 0.6) is 0 Å². The quantitative estimate of drug-likeness (QED) is 0.789. The van der Waals surface area contributed by atoms with Gasteiger partial charge in [-0.2, -0.15) is 0 Å². The smallest absolute Gasteiger partial charge is 0.250 e. The van der Waals surface area contributed by atoms with E-state index in [4.69, 9.17) is 11.5 Å². The summed E-state index contributed by atoms with van der Waals surface area (Å²) >= 11 is 0. The number of hydrogen-bond donors (Lipinski definition) is 3. The number of primary amides is 1. The molecule has 1 fully saturated rings. The van der Waals surface area contributed by atoms with Crippen LogP contribution in [0.25, 0.3) is 10.9 Å². The number of aryl methyl sites for hydroxylation is 2. The zero-order valence-electron chi connectivity index (χ0n) is 14.9. The van der Waals surface area contributed by atoms with Gasteiger partial charge in [-0.3, -0.25) is 4.79 Å². The maximum Gasteiger partial charge on any atom is 0.250 e. The van der Waals surface area contributed by atoms with Crippen molar-refractivity contribution in [2.24, 2.45) is 11.5 Å². The van der Waals surface area contributed by atoms with E-state index >= 15 is 0 Å². The number of piperidine rings is 1. The average molecular weight is 334 g/mol. The fraction of sp³-hybridized carbons (Fsp3) is 0.500. The molecule has 1 saturated heterocycles. The fourth-order valence-electron chi connectivity index (χ4n) is 3.32. The monoisotopic (exact) mass is 334 g/mol. The van der Waals surface area contributed by atoms with Crippen LogP contribution in [-0.2, 0) is 0 Å². The van der Waals surface area contributed by atoms with Crippen molar-refractivity contribution in [2.75, 3.05) is 18.0 Å². The Morgan fingerprint density at radius 3 is 2.62 bits per heavy atom. The zero-order chi connectivity index (χ0) is 18.0. The van der Waals surface area contributed by atoms with E-state index in [2.05, 4.69) is 4.98 Å². The van der Waals surface area contributed by atoms with Gasteiger partial charge in [0, 0.05) is 30.2 Å². The number of hydrogen-bond acceptors (Lipinski definition) is 3. The molecule has 132 valence electrons. The molecule has 1 aliphatic heterocycles. The SMILES string of the molecule is CC.Cc1[nH]c2c(C(N)=O)cc(F)c(N3CCCC(N)C3)c2c1C. The lowest BCUT2D eigenvalue weighted by Gasteiger charge is -2.33. The zero-order valence-corrected chi connectivity index (χ0v) is 14.9. The molecule has 0 spiro atoms. The summed E-state index contributed by atoms with van der Waals surface area (Å²) in [6.07, 6.45) is 1.88. The number of nitrogens with two attached hydrogens (primary N) is 2. The highest BCUT2D eigenvalue weighted by atomic mass is 19.1. The van der Waals surface area contributed by atoms with Gasteiger partial charge in [-0.05, 0) is 38.3 Å². The number of benzene rings is 1. The van der Waals surface area contributed by atoms with Crippen molar-refractivity contribution >= 4 is 22.5 Å². The minimum Gasteiger partial charge on any atom is -0.367 e. The first-order valence-corrected chi connectivity index (χ1v) is 8.52. The number of H-pyrrole nitrogens is 1. The Morgan fingerprint density at radius 1 is 1.38 bits per heavy atom. The predicted molar refractivity (Wildman–Crippen MR) is 97.0 cm³/mol. The lowest BCUT2D eigenvalue weighted by molar-refractivity contribution is 0.100. The number of aromatic nitrogens is 1. The number of nitrogens with one attached hydrogen (secondary N) is 1. The molecule has 6 heteroatoms. The molecule has 0 aliphatic carbocycles. The topological polar surface area (TPSA) is 88.1 Å². The highest BCUT2D eigenvalue weighted by molar-refractivity contribution is 6.10. The maximum atomic E-state index is 14.7. The van der Waals surface area contributed by atoms with Crippen molar-refractivity contribution in [3.8, 4) is 0 Å². The molecule has 0 bridgehead atoms. The largest absolute Gasteiger partial charge is 0.367 e. The second-order valence-electron chi connectivity index (χ2n) is 6.09. The number of halogens is 1. The molecule has 2 aromatic rings. The van der Waals surface area contributed by atoms with Gasteiger partial charge in [0.25, 0.3) is 5.91 Å². The molecule has 3 rings (SSSR count). The van der Waals surface area contributed by atoms with Gasteiger partial charge in [0.15, 0.2) is 0 Å². The second-order valence-corrected chi connectivity index (χ2v) is 6.09. The van der Waals surface area contributed by atoms with Crippen LogP contribution in [0.4, 0.5) is 10.1 Å². The Hall–Kier alpha value is -2.08. The van der Waals surface area contributed by atoms with Crippen molar-refractivity contribution in [1.82, 2.24) is 4.98 Å². The van der Waals surface area contributed by atoms with Crippen molar-refractivity contribution in [1.29, 1.82) is 0 Å². The molecule has 24 heavy (non-hydrogen) atoms. The first-order valence-electron chi connectivity index (χ1n) is 8.52. The van der Waals surface area contributed by atoms with Gasteiger partial charge in [-0.15, -0.1) is 0 Å². The molecule has 0 radical (unpaired) electrons. The van der Waals surface area contributed by atoms with Crippen LogP contribution < -0.4 is 16.4 Å². The number of rotatable bonds is 2. The Labute approximate surface area is 142 Å². The van der Waals surface area contributed by atoms with Gasteiger partial charge in [-0.1, -0.05) is 13.8 Å². The van der Waals surface area contributed by atoms with Crippen molar-refractivity contribution in [3.63, 3.8) is 0 Å². The van der Waals surface area contributed by atoms with Crippen molar-refractivity contribution < 1.29 is 9.18 Å². The highest BCUT2D eigenvalue weighted by Crippen LogP contribution is 2.37. The summed E-state index contributed by atoms with van der Waals surface area (Å²) in [6, 6.07) is 1.27. The van der Waals surface area contributed by atoms with Gasteiger partial charge >= 0.3 is 0 Å². The van der Waals surface area contributed by atoms with E-state index in [1.807, 2.05) is 32.6 Å². The van der Waals surface area contributed by atoms with Crippen LogP contribution in [0.3, 0.4) is 0 Å². The van der Waals surface area contributed by atoms with E-state index in [0.29, 0.717) is 17.7 Å². The standard InChI is InChI=1S/C16H21FN4O.C2H6/c1-8-9(2)20-14-11(16(19)22)6-12(17)15(13(8)14)21-5-3-4-10(18)7-21;1-2/h6,10,20H,3-5,7,18H2,1-2H3,(H2,19,22);1-2H3. The second kappa shape index (κ2) is 7.21. The summed E-state index contributed by atoms with van der Waals surface area (Å²) < 4.78 is 14.7. The number of aromatic amines is 1. The van der Waals surface area contributed by atoms with E-state index in [1.54, 1.807) is 0 Å². The van der Waals surface area contributed by atoms with Gasteiger partial charge in [0.05, 0.1) is 16.8 Å². The summed E-state index contributed by atoms with van der Waals surface area (Å²) in [5, 5.41) is 0.736. The molecular formula is C18H27FN4O. The molecule has 2 heterocycles. The van der Waals surface area contributed by atoms with Crippen LogP contribution in [0.1, 0.15) is 48.3 Å². The molecule has 1 aliphatic rings. The molecular weight excluding hydrogens is 307 g/mol. The third-order valence-electron chi connectivity index (χ3n) is 4.54. The number of amides is 1. The summed E-state index contributed by atoms with van der Waals surface area (Å²) in [7, 11) is 0. The van der Waals surface area contributed by atoms with Crippen molar-refractivity contribution in [3.05, 3.63) is 28.7 Å². The third kappa shape index (κ3) is 3.11. The Morgan fingerprint density at radius 2 is 2.04 bits per heavy atom. The first kappa shape index (κ1) is 18.3. The predicted octanol–water partition coefficient (Wildman–Crippen LogP) is 2.98. The van der Waals surface area contributed by atoms with Crippen molar-refractivity contribution in [2.45, 2.75) is 46.6 Å². The van der Waals surface area contributed by atoms with Crippen LogP contribution in [-0.4, -0.2) is 30.0 Å². The first-order chi connectivity index (χ1) is 11.4. The van der Waals surface area contributed by atoms with Gasteiger partial charge in [0.1, 0.15) is 5.82 Å². The summed E-state index contributed by atoms with van der Waals surface area (Å²) in [5.74, 6) is -1.05. The minimum absolute atomic E-state index is 0.0411. The van der Waals surface area contributed by atoms with Crippen LogP contribution >= 0.6 is 0 Å². The molecule has 1 unspecified atom stereocenters. The Kier molecular flexibility index (Phi) is 5.49. The summed E-state index contributed by atoms with van der Waals surface area (Å²) in [4.78, 5) is 16.8. The third-order valence-corrected chi connectivity index (χ3v) is 4.54. The van der Waals surface area contributed by atoms with E-state index in [1.165, 1.54) is 6.07 Å². The van der Waals surface area contributed by atoms with Gasteiger partial charge < -0.3 is 21.4 Å². The molecule has 1 aromatic carbocycles. The normalized spacial score (nSPS) is 17.6. The summed E-state index contributed by atoms with van der Waals surface area (Å²) in [6.45, 7) is 9.21.